The van der Waals surface area contributed by atoms with E-state index >= 15 is 0 Å². The Hall–Kier alpha value is -4.84. The molecular weight excluding hydrogens is 1290 g/mol. The molecule has 1 aromatic heterocycles. The number of carbonyl (C=O) groups is 3. The van der Waals surface area contributed by atoms with Gasteiger partial charge in [0.2, 0.25) is 11.8 Å². The Morgan fingerprint density at radius 2 is 1.24 bits per heavy atom. The Labute approximate surface area is 580 Å². The molecule has 33 nitrogen and oxygen atoms in total. The first-order valence-electron chi connectivity index (χ1n) is 34.9. The summed E-state index contributed by atoms with van der Waals surface area (Å²) in [6, 6.07) is 10.1. The van der Waals surface area contributed by atoms with E-state index in [1.165, 1.54) is 7.11 Å². The molecule has 0 spiro atoms. The summed E-state index contributed by atoms with van der Waals surface area (Å²) in [4.78, 5) is 61.0. The number of ether oxygens (including phenoxy) is 1. The Morgan fingerprint density at radius 1 is 0.667 bits per heavy atom. The smallest absolute Gasteiger partial charge is 0.307 e. The van der Waals surface area contributed by atoms with Gasteiger partial charge in [-0.1, -0.05) is 51.8 Å². The second kappa shape index (κ2) is 44.6. The van der Waals surface area contributed by atoms with Crippen molar-refractivity contribution >= 4 is 34.5 Å². The van der Waals surface area contributed by atoms with Crippen molar-refractivity contribution in [1.29, 1.82) is 0 Å². The lowest BCUT2D eigenvalue weighted by Crippen LogP contribution is -2.59. The topological polar surface area (TPSA) is 484 Å². The molecule has 2 amide bonds. The zero-order valence-corrected chi connectivity index (χ0v) is 58.3. The van der Waals surface area contributed by atoms with Gasteiger partial charge in [-0.2, -0.15) is 0 Å². The third-order valence-corrected chi connectivity index (χ3v) is 18.8. The number of likely N-dealkylation sites (N-methyl/N-ethyl adjacent to an activating group) is 3. The van der Waals surface area contributed by atoms with Crippen LogP contribution in [0.25, 0.3) is 11.0 Å². The van der Waals surface area contributed by atoms with Gasteiger partial charge >= 0.3 is 5.97 Å². The van der Waals surface area contributed by atoms with Crippen LogP contribution in [0.3, 0.4) is 0 Å². The van der Waals surface area contributed by atoms with E-state index in [-0.39, 0.29) is 51.7 Å². The molecule has 1 saturated heterocycles. The number of nitrogens with one attached hydrogen (secondary N) is 7. The van der Waals surface area contributed by atoms with Crippen molar-refractivity contribution in [2.75, 3.05) is 137 Å². The van der Waals surface area contributed by atoms with Crippen molar-refractivity contribution in [3.8, 4) is 0 Å². The van der Waals surface area contributed by atoms with E-state index < -0.39 is 142 Å². The molecule has 33 heteroatoms. The third kappa shape index (κ3) is 28.4. The van der Waals surface area contributed by atoms with Gasteiger partial charge in [-0.05, 0) is 101 Å². The summed E-state index contributed by atoms with van der Waals surface area (Å²) < 4.78 is 4.98. The highest BCUT2D eigenvalue weighted by Gasteiger charge is 2.36. The predicted molar refractivity (Wildman–Crippen MR) is 367 cm³/mol. The summed E-state index contributed by atoms with van der Waals surface area (Å²) in [5, 5.41) is 176. The van der Waals surface area contributed by atoms with Crippen LogP contribution in [0.1, 0.15) is 102 Å². The van der Waals surface area contributed by atoms with Crippen LogP contribution in [0.2, 0.25) is 0 Å². The van der Waals surface area contributed by atoms with E-state index in [4.69, 9.17) is 4.74 Å². The lowest BCUT2D eigenvalue weighted by atomic mass is 10.0. The maximum atomic E-state index is 14.3. The predicted octanol–water partition coefficient (Wildman–Crippen LogP) is -5.87. The minimum absolute atomic E-state index is 0.0875. The number of esters is 1. The van der Waals surface area contributed by atoms with Crippen LogP contribution in [0, 0.1) is 0 Å². The molecule has 3 aromatic rings. The van der Waals surface area contributed by atoms with Gasteiger partial charge in [0.15, 0.2) is 0 Å². The minimum Gasteiger partial charge on any atom is -0.469 e. The maximum absolute atomic E-state index is 14.3. The van der Waals surface area contributed by atoms with Crippen LogP contribution in [-0.4, -0.2) is 358 Å². The average molecular weight is 1410 g/mol. The van der Waals surface area contributed by atoms with Crippen molar-refractivity contribution in [3.63, 3.8) is 0 Å². The summed E-state index contributed by atoms with van der Waals surface area (Å²) in [5.74, 6) is -1.03. The number of nitrogens with zero attached hydrogens (tertiary/aromatic N) is 7. The molecule has 99 heavy (non-hydrogen) atoms. The number of fused-ring (bicyclic) bond motifs is 2. The summed E-state index contributed by atoms with van der Waals surface area (Å²) in [5.41, 5.74) is 3.77. The van der Waals surface area contributed by atoms with Gasteiger partial charge in [0.05, 0.1) is 75.2 Å². The van der Waals surface area contributed by atoms with Gasteiger partial charge in [-0.3, -0.25) is 45.0 Å². The summed E-state index contributed by atoms with van der Waals surface area (Å²) in [7, 11) is 3.06. The first-order valence-corrected chi connectivity index (χ1v) is 34.9. The lowest BCUT2D eigenvalue weighted by molar-refractivity contribution is -0.142. The van der Waals surface area contributed by atoms with Crippen LogP contribution in [0.15, 0.2) is 42.5 Å². The number of rotatable bonds is 43. The van der Waals surface area contributed by atoms with Crippen molar-refractivity contribution in [2.24, 2.45) is 0 Å². The van der Waals surface area contributed by atoms with Crippen LogP contribution in [-0.2, 0) is 32.2 Å². The fraction of sp³-hybridized carbons (Fsp3) is 0.758. The van der Waals surface area contributed by atoms with E-state index in [0.29, 0.717) is 82.0 Å². The number of aliphatic hydroxyl groups excluding tert-OH is 15. The van der Waals surface area contributed by atoms with Crippen LogP contribution >= 0.6 is 0 Å². The maximum Gasteiger partial charge on any atom is 0.307 e. The molecule has 0 radical (unpaired) electrons. The summed E-state index contributed by atoms with van der Waals surface area (Å²) >= 11 is 0. The number of imidazole rings is 1. The summed E-state index contributed by atoms with van der Waals surface area (Å²) in [6.45, 7) is 13.0. The first-order chi connectivity index (χ1) is 47.3. The molecule has 3 heterocycles. The molecular formula is C66H118N14O19. The standard InChI is InChI=1S/C66H118N14O19/c1-6-76-25-27-77(7-2)29-31-79(32-30-78(8-3)28-26-76)39-57(89)73-48(20-22-56(88)69-36-51(84)60(92)62(94)53(86)41-82)64(96)74-47(19-21-55(87)68-35-50(83)59(91)61(93)52(85)40-81)63(95)67-23-13-9-10-14-24-80-37-43-33-42(17-18-44(43)70-49(66(80)98)34-58(90)99-5)65(97)75(4)38-54-71-45-15-11-12-16-46(45)72-54/h11-12,15-18,33,47-53,55,59-68,70,74,81-87,91-98H,6-10,13-14,19-32,34-41H2,1-5H3,(H,69,88)(H,71,72)(H,73,89)/t47-,48-,49?,50+,51+,52+,53?,55+,59-,60-,61-,62?,63+,64+,65+,66+/m0/s1. The van der Waals surface area contributed by atoms with Gasteiger partial charge in [0.1, 0.15) is 73.6 Å². The highest BCUT2D eigenvalue weighted by Crippen LogP contribution is 2.31. The molecule has 3 unspecified atom stereocenters. The fourth-order valence-corrected chi connectivity index (χ4v) is 12.1. The zero-order valence-electron chi connectivity index (χ0n) is 58.3. The van der Waals surface area contributed by atoms with Crippen molar-refractivity contribution in [3.05, 3.63) is 59.4 Å². The van der Waals surface area contributed by atoms with Gasteiger partial charge in [0, 0.05) is 96.7 Å². The van der Waals surface area contributed by atoms with Gasteiger partial charge in [0.25, 0.3) is 0 Å². The number of hydrogen-bond acceptors (Lipinski definition) is 30. The third-order valence-electron chi connectivity index (χ3n) is 18.8. The van der Waals surface area contributed by atoms with E-state index in [2.05, 4.69) is 77.3 Å². The number of H-pyrrole nitrogens is 1. The monoisotopic (exact) mass is 1410 g/mol. The molecule has 1 fully saturated rings. The number of carbonyl (C=O) groups excluding carboxylic acids is 3. The number of para-hydroxylation sites is 2. The quantitative estimate of drug-likeness (QED) is 0.0143. The second-order valence-corrected chi connectivity index (χ2v) is 26.0. The van der Waals surface area contributed by atoms with Crippen molar-refractivity contribution in [1.82, 2.24) is 66.0 Å². The Bertz CT molecular complexity index is 2720. The van der Waals surface area contributed by atoms with E-state index in [1.54, 1.807) is 18.0 Å². The molecule has 0 saturated carbocycles. The number of amides is 2. The van der Waals surface area contributed by atoms with Crippen LogP contribution in [0.5, 0.6) is 0 Å². The van der Waals surface area contributed by atoms with Crippen molar-refractivity contribution < 1.29 is 95.7 Å². The fourth-order valence-electron chi connectivity index (χ4n) is 12.1. The van der Waals surface area contributed by atoms with Gasteiger partial charge in [-0.15, -0.1) is 0 Å². The van der Waals surface area contributed by atoms with Gasteiger partial charge in [-0.25, -0.2) is 4.98 Å². The molecule has 566 valence electrons. The van der Waals surface area contributed by atoms with Gasteiger partial charge < -0.3 is 117 Å². The van der Waals surface area contributed by atoms with Crippen molar-refractivity contribution in [2.45, 2.75) is 190 Å². The summed E-state index contributed by atoms with van der Waals surface area (Å²) in [6.07, 6.45) is -20.1. The molecule has 2 aliphatic heterocycles. The highest BCUT2D eigenvalue weighted by molar-refractivity contribution is 5.79. The zero-order chi connectivity index (χ0) is 72.7. The lowest BCUT2D eigenvalue weighted by Gasteiger charge is -2.34. The molecule has 16 atom stereocenters. The number of benzene rings is 2. The number of aromatic amines is 1. The molecule has 22 N–H and O–H groups in total. The number of anilines is 1. The highest BCUT2D eigenvalue weighted by atomic mass is 16.5. The molecule has 0 aliphatic carbocycles. The Balaban J connectivity index is 1.29. The normalized spacial score (nSPS) is 21.2. The largest absolute Gasteiger partial charge is 0.469 e. The molecule has 2 aromatic carbocycles. The van der Waals surface area contributed by atoms with E-state index in [9.17, 15) is 91.0 Å². The number of hydrogen-bond donors (Lipinski definition) is 22. The minimum atomic E-state index is -1.96. The SMILES string of the molecule is CCN1CCN(CC)CCN(CC(=O)N[C@@H](CCC(=O)NC[C@@H](O)[C@H](O)C(O)C(O)CO)[C@@H](O)N[C@@H](CC[C@@H](O)NC[C@@H](O)[C@H](O)[C@@H](O)[C@H](O)CO)[C@@H](O)NCCCCCCN2Cc3cc([C@@H](O)N(C)Cc4nc5ccccc5[nH]4)ccc3NC(CC(=O)OC)[C@H]2O)CCN(CC)CC1. The van der Waals surface area contributed by atoms with Crippen LogP contribution in [0.4, 0.5) is 5.69 Å². The first kappa shape index (κ1) is 84.8. The second-order valence-electron chi connectivity index (χ2n) is 26.0. The molecule has 5 rings (SSSR count). The Kier molecular flexibility index (Phi) is 38.2. The van der Waals surface area contributed by atoms with E-state index in [1.807, 2.05) is 46.2 Å². The Morgan fingerprint density at radius 3 is 1.83 bits per heavy atom. The molecule has 2 aliphatic rings. The number of unbranched alkanes of at least 4 members (excludes halogenated alkanes) is 3. The average Bonchev–Trinajstić information content (AvgIpc) is 1.69. The number of aliphatic hydroxyl groups is 15. The van der Waals surface area contributed by atoms with E-state index in [0.717, 1.165) is 62.4 Å². The number of aromatic nitrogens is 2. The molecule has 0 bridgehead atoms. The number of methoxy groups -OCH3 is 1. The van der Waals surface area contributed by atoms with Crippen LogP contribution < -0.4 is 31.9 Å².